The zero-order valence-electron chi connectivity index (χ0n) is 8.84. The van der Waals surface area contributed by atoms with E-state index in [1.807, 2.05) is 0 Å². The Morgan fingerprint density at radius 2 is 2.41 bits per heavy atom. The van der Waals surface area contributed by atoms with Gasteiger partial charge < -0.3 is 5.73 Å². The van der Waals surface area contributed by atoms with E-state index in [1.165, 1.54) is 10.8 Å². The molecular weight excluding hydrogens is 242 g/mol. The lowest BCUT2D eigenvalue weighted by atomic mass is 10.3. The van der Waals surface area contributed by atoms with Crippen molar-refractivity contribution >= 4 is 17.6 Å². The van der Waals surface area contributed by atoms with Gasteiger partial charge in [-0.3, -0.25) is 9.98 Å². The Labute approximate surface area is 99.8 Å². The molecule has 0 aliphatic rings. The van der Waals surface area contributed by atoms with E-state index in [0.717, 1.165) is 11.8 Å². The van der Waals surface area contributed by atoms with Gasteiger partial charge in [-0.25, -0.2) is 9.89 Å². The van der Waals surface area contributed by atoms with Crippen LogP contribution >= 0.6 is 11.8 Å². The number of hydrogen-bond donors (Lipinski definition) is 3. The summed E-state index contributed by atoms with van der Waals surface area (Å²) < 4.78 is 1.34. The highest BCUT2D eigenvalue weighted by atomic mass is 32.2. The van der Waals surface area contributed by atoms with Gasteiger partial charge in [0.05, 0.1) is 11.8 Å². The van der Waals surface area contributed by atoms with E-state index in [-0.39, 0.29) is 11.5 Å². The van der Waals surface area contributed by atoms with E-state index in [4.69, 9.17) is 11.1 Å². The van der Waals surface area contributed by atoms with E-state index in [1.54, 1.807) is 13.1 Å². The van der Waals surface area contributed by atoms with Crippen molar-refractivity contribution in [1.29, 1.82) is 5.41 Å². The molecule has 4 N–H and O–H groups in total. The second kappa shape index (κ2) is 4.37. The number of amidine groups is 1. The van der Waals surface area contributed by atoms with Crippen molar-refractivity contribution in [3.05, 3.63) is 28.3 Å². The summed E-state index contributed by atoms with van der Waals surface area (Å²) in [5.74, 6) is -0.108. The Morgan fingerprint density at radius 3 is 3.00 bits per heavy atom. The first-order chi connectivity index (χ1) is 8.09. The largest absolute Gasteiger partial charge is 0.384 e. The Morgan fingerprint density at radius 1 is 1.65 bits per heavy atom. The lowest BCUT2D eigenvalue weighted by molar-refractivity contribution is 0.763. The van der Waals surface area contributed by atoms with Crippen molar-refractivity contribution in [3.8, 4) is 0 Å². The third-order valence-electron chi connectivity index (χ3n) is 2.00. The molecular formula is C8H9N7OS. The zero-order valence-corrected chi connectivity index (χ0v) is 9.65. The third-order valence-corrected chi connectivity index (χ3v) is 3.05. The van der Waals surface area contributed by atoms with Gasteiger partial charge in [0.2, 0.25) is 0 Å². The summed E-state index contributed by atoms with van der Waals surface area (Å²) in [4.78, 5) is 11.2. The van der Waals surface area contributed by atoms with Gasteiger partial charge in [-0.05, 0) is 17.8 Å². The average Bonchev–Trinajstić information content (AvgIpc) is 2.61. The summed E-state index contributed by atoms with van der Waals surface area (Å²) in [6.07, 6.45) is 1.45. The number of aromatic amines is 1. The minimum Gasteiger partial charge on any atom is -0.384 e. The van der Waals surface area contributed by atoms with Crippen LogP contribution in [0.15, 0.2) is 27.2 Å². The van der Waals surface area contributed by atoms with Gasteiger partial charge in [0.1, 0.15) is 10.9 Å². The molecule has 0 bridgehead atoms. The monoisotopic (exact) mass is 251 g/mol. The molecule has 0 aliphatic heterocycles. The van der Waals surface area contributed by atoms with E-state index in [9.17, 15) is 4.79 Å². The SMILES string of the molecule is Cn1c(Sc2nnccc2C(=N)N)n[nH]c1=O. The van der Waals surface area contributed by atoms with Crippen LogP contribution in [-0.2, 0) is 7.05 Å². The number of rotatable bonds is 3. The molecule has 0 radical (unpaired) electrons. The molecule has 17 heavy (non-hydrogen) atoms. The molecule has 0 saturated carbocycles. The summed E-state index contributed by atoms with van der Waals surface area (Å²) >= 11 is 1.12. The van der Waals surface area contributed by atoms with Gasteiger partial charge in [0, 0.05) is 7.05 Å². The first-order valence-corrected chi connectivity index (χ1v) is 5.36. The van der Waals surface area contributed by atoms with Gasteiger partial charge >= 0.3 is 5.69 Å². The molecule has 0 spiro atoms. The van der Waals surface area contributed by atoms with Crippen LogP contribution in [0, 0.1) is 5.41 Å². The van der Waals surface area contributed by atoms with E-state index in [0.29, 0.717) is 15.7 Å². The van der Waals surface area contributed by atoms with Gasteiger partial charge in [-0.1, -0.05) is 0 Å². The summed E-state index contributed by atoms with van der Waals surface area (Å²) in [7, 11) is 1.58. The lowest BCUT2D eigenvalue weighted by Gasteiger charge is -2.03. The molecule has 2 rings (SSSR count). The first-order valence-electron chi connectivity index (χ1n) is 4.55. The van der Waals surface area contributed by atoms with Crippen LogP contribution in [0.4, 0.5) is 0 Å². The minimum atomic E-state index is -0.319. The molecule has 0 atom stereocenters. The maximum atomic E-state index is 11.2. The Kier molecular flexibility index (Phi) is 2.91. The van der Waals surface area contributed by atoms with Gasteiger partial charge in [0.25, 0.3) is 0 Å². The predicted molar refractivity (Wildman–Crippen MR) is 61.0 cm³/mol. The number of aromatic nitrogens is 5. The summed E-state index contributed by atoms with van der Waals surface area (Å²) in [5.41, 5.74) is 5.56. The summed E-state index contributed by atoms with van der Waals surface area (Å²) in [5, 5.41) is 22.0. The summed E-state index contributed by atoms with van der Waals surface area (Å²) in [6, 6.07) is 1.59. The Bertz CT molecular complexity index is 616. The van der Waals surface area contributed by atoms with Crippen molar-refractivity contribution < 1.29 is 0 Å². The Hall–Kier alpha value is -2.16. The molecule has 0 fully saturated rings. The fourth-order valence-corrected chi connectivity index (χ4v) is 1.97. The molecule has 88 valence electrons. The van der Waals surface area contributed by atoms with Crippen molar-refractivity contribution in [2.24, 2.45) is 12.8 Å². The molecule has 2 aromatic rings. The predicted octanol–water partition coefficient (Wildman–Crippen LogP) is -0.666. The number of H-pyrrole nitrogens is 1. The molecule has 0 aliphatic carbocycles. The number of hydrogen-bond acceptors (Lipinski definition) is 6. The molecule has 0 unspecified atom stereocenters. The zero-order chi connectivity index (χ0) is 12.4. The number of nitrogens with zero attached hydrogens (tertiary/aromatic N) is 4. The van der Waals surface area contributed by atoms with Crippen LogP contribution in [0.2, 0.25) is 0 Å². The van der Waals surface area contributed by atoms with Gasteiger partial charge in [-0.15, -0.1) is 10.2 Å². The van der Waals surface area contributed by atoms with Gasteiger partial charge in [0.15, 0.2) is 5.16 Å². The number of nitrogen functional groups attached to an aromatic ring is 1. The quantitative estimate of drug-likeness (QED) is 0.490. The molecule has 9 heteroatoms. The van der Waals surface area contributed by atoms with Crippen LogP contribution < -0.4 is 11.4 Å². The average molecular weight is 251 g/mol. The molecule has 0 saturated heterocycles. The van der Waals surface area contributed by atoms with Crippen LogP contribution in [-0.4, -0.2) is 30.8 Å². The van der Waals surface area contributed by atoms with Crippen LogP contribution in [0.1, 0.15) is 5.56 Å². The first kappa shape index (κ1) is 11.3. The highest BCUT2D eigenvalue weighted by Crippen LogP contribution is 2.24. The maximum Gasteiger partial charge on any atom is 0.343 e. The standard InChI is InChI=1S/C8H9N7OS/c1-15-7(16)13-14-8(15)17-6-4(5(9)10)2-3-11-12-6/h2-3H,1H3,(H3,9,10)(H,13,16). The fraction of sp³-hybridized carbons (Fsp3) is 0.125. The molecule has 2 heterocycles. The third kappa shape index (κ3) is 2.18. The maximum absolute atomic E-state index is 11.2. The summed E-state index contributed by atoms with van der Waals surface area (Å²) in [6.45, 7) is 0. The normalized spacial score (nSPS) is 10.4. The van der Waals surface area contributed by atoms with E-state index >= 15 is 0 Å². The molecule has 8 nitrogen and oxygen atoms in total. The smallest absolute Gasteiger partial charge is 0.343 e. The highest BCUT2D eigenvalue weighted by molar-refractivity contribution is 7.99. The van der Waals surface area contributed by atoms with Crippen molar-refractivity contribution in [2.75, 3.05) is 0 Å². The van der Waals surface area contributed by atoms with Gasteiger partial charge in [-0.2, -0.15) is 5.10 Å². The van der Waals surface area contributed by atoms with Crippen LogP contribution in [0.25, 0.3) is 0 Å². The number of nitrogens with two attached hydrogens (primary N) is 1. The van der Waals surface area contributed by atoms with Crippen molar-refractivity contribution in [2.45, 2.75) is 10.2 Å². The van der Waals surface area contributed by atoms with Crippen LogP contribution in [0.3, 0.4) is 0 Å². The highest BCUT2D eigenvalue weighted by Gasteiger charge is 2.12. The van der Waals surface area contributed by atoms with Crippen molar-refractivity contribution in [1.82, 2.24) is 25.0 Å². The second-order valence-corrected chi connectivity index (χ2v) is 4.09. The van der Waals surface area contributed by atoms with Crippen LogP contribution in [0.5, 0.6) is 0 Å². The van der Waals surface area contributed by atoms with E-state index in [2.05, 4.69) is 20.4 Å². The molecule has 2 aromatic heterocycles. The Balaban J connectivity index is 2.40. The van der Waals surface area contributed by atoms with E-state index < -0.39 is 0 Å². The molecule has 0 aromatic carbocycles. The second-order valence-electron chi connectivity index (χ2n) is 3.14. The topological polar surface area (TPSA) is 126 Å². The lowest BCUT2D eigenvalue weighted by Crippen LogP contribution is -2.14. The minimum absolute atomic E-state index is 0.108. The number of nitrogens with one attached hydrogen (secondary N) is 2. The fourth-order valence-electron chi connectivity index (χ4n) is 1.11. The molecule has 0 amide bonds. The van der Waals surface area contributed by atoms with Crippen molar-refractivity contribution in [3.63, 3.8) is 0 Å².